The van der Waals surface area contributed by atoms with Gasteiger partial charge < -0.3 is 5.32 Å². The van der Waals surface area contributed by atoms with Crippen LogP contribution in [-0.4, -0.2) is 15.9 Å². The van der Waals surface area contributed by atoms with Crippen LogP contribution < -0.4 is 5.32 Å². The van der Waals surface area contributed by atoms with E-state index in [1.54, 1.807) is 0 Å². The summed E-state index contributed by atoms with van der Waals surface area (Å²) in [6.07, 6.45) is 4.93. The normalized spacial score (nSPS) is 11.5. The van der Waals surface area contributed by atoms with Crippen molar-refractivity contribution in [3.63, 3.8) is 0 Å². The highest BCUT2D eigenvalue weighted by atomic mass is 35.5. The molecule has 0 saturated heterocycles. The van der Waals surface area contributed by atoms with Crippen LogP contribution in [0.1, 0.15) is 47.3 Å². The Bertz CT molecular complexity index is 992. The van der Waals surface area contributed by atoms with Gasteiger partial charge in [-0.25, -0.2) is 4.98 Å². The molecule has 0 radical (unpaired) electrons. The average molecular weight is 424 g/mol. The van der Waals surface area contributed by atoms with E-state index in [4.69, 9.17) is 11.6 Å². The molecule has 0 bridgehead atoms. The molecule has 29 heavy (non-hydrogen) atoms. The largest absolute Gasteiger partial charge is 0.382 e. The van der Waals surface area contributed by atoms with Crippen molar-refractivity contribution in [2.75, 3.05) is 6.54 Å². The zero-order chi connectivity index (χ0) is 20.6. The van der Waals surface area contributed by atoms with Crippen LogP contribution in [0, 0.1) is 6.92 Å². The van der Waals surface area contributed by atoms with Crippen molar-refractivity contribution in [3.8, 4) is 0 Å². The lowest BCUT2D eigenvalue weighted by Gasteiger charge is -2.13. The van der Waals surface area contributed by atoms with Gasteiger partial charge in [0.1, 0.15) is 5.01 Å². The van der Waals surface area contributed by atoms with Crippen LogP contribution in [0.3, 0.4) is 0 Å². The Hall–Kier alpha value is -2.43. The van der Waals surface area contributed by atoms with Gasteiger partial charge in [0.05, 0.1) is 5.70 Å². The van der Waals surface area contributed by atoms with Crippen molar-refractivity contribution in [2.24, 2.45) is 0 Å². The molecule has 3 aromatic rings. The predicted molar refractivity (Wildman–Crippen MR) is 125 cm³/mol. The van der Waals surface area contributed by atoms with Gasteiger partial charge in [0, 0.05) is 18.0 Å². The summed E-state index contributed by atoms with van der Waals surface area (Å²) >= 11 is 7.65. The monoisotopic (exact) mass is 423 g/mol. The molecule has 0 spiro atoms. The van der Waals surface area contributed by atoms with Gasteiger partial charge in [0.25, 0.3) is 0 Å². The number of aryl methyl sites for hydroxylation is 1. The molecule has 2 aromatic carbocycles. The summed E-state index contributed by atoms with van der Waals surface area (Å²) in [5.74, 6) is 0.681. The SMILES string of the molecule is C=C(NCC/C(=C/CC)c1cc(Cl)ccc1C)c1nsc(Cc2ccccc2)n1. The van der Waals surface area contributed by atoms with E-state index in [1.165, 1.54) is 33.8 Å². The zero-order valence-electron chi connectivity index (χ0n) is 16.9. The maximum atomic E-state index is 6.21. The number of hydrogen-bond acceptors (Lipinski definition) is 4. The summed E-state index contributed by atoms with van der Waals surface area (Å²) in [6.45, 7) is 9.16. The molecule has 0 unspecified atom stereocenters. The van der Waals surface area contributed by atoms with E-state index < -0.39 is 0 Å². The Morgan fingerprint density at radius 1 is 1.21 bits per heavy atom. The summed E-state index contributed by atoms with van der Waals surface area (Å²) < 4.78 is 4.47. The molecule has 0 amide bonds. The van der Waals surface area contributed by atoms with Gasteiger partial charge in [-0.2, -0.15) is 4.37 Å². The van der Waals surface area contributed by atoms with Crippen LogP contribution in [0.15, 0.2) is 61.2 Å². The van der Waals surface area contributed by atoms with Crippen molar-refractivity contribution in [1.29, 1.82) is 0 Å². The lowest BCUT2D eigenvalue weighted by molar-refractivity contribution is 0.866. The maximum Gasteiger partial charge on any atom is 0.188 e. The van der Waals surface area contributed by atoms with Gasteiger partial charge in [-0.3, -0.25) is 0 Å². The van der Waals surface area contributed by atoms with Crippen LogP contribution in [0.25, 0.3) is 11.3 Å². The van der Waals surface area contributed by atoms with Crippen molar-refractivity contribution < 1.29 is 0 Å². The first-order valence-corrected chi connectivity index (χ1v) is 11.0. The van der Waals surface area contributed by atoms with E-state index in [-0.39, 0.29) is 0 Å². The fraction of sp³-hybridized carbons (Fsp3) is 0.250. The first kappa shape index (κ1) is 21.3. The van der Waals surface area contributed by atoms with Crippen molar-refractivity contribution in [2.45, 2.75) is 33.1 Å². The van der Waals surface area contributed by atoms with E-state index >= 15 is 0 Å². The van der Waals surface area contributed by atoms with Crippen LogP contribution in [0.2, 0.25) is 5.02 Å². The zero-order valence-corrected chi connectivity index (χ0v) is 18.5. The highest BCUT2D eigenvalue weighted by Gasteiger charge is 2.10. The second-order valence-corrected chi connectivity index (χ2v) is 8.20. The van der Waals surface area contributed by atoms with E-state index in [2.05, 4.69) is 59.4 Å². The maximum absolute atomic E-state index is 6.21. The third kappa shape index (κ3) is 6.02. The summed E-state index contributed by atoms with van der Waals surface area (Å²) in [5.41, 5.74) is 5.74. The highest BCUT2D eigenvalue weighted by molar-refractivity contribution is 7.05. The molecule has 0 atom stereocenters. The first-order valence-electron chi connectivity index (χ1n) is 9.82. The molecule has 5 heteroatoms. The Balaban J connectivity index is 1.58. The van der Waals surface area contributed by atoms with Crippen LogP contribution in [0.5, 0.6) is 0 Å². The molecule has 1 aromatic heterocycles. The number of aromatic nitrogens is 2. The number of halogens is 1. The van der Waals surface area contributed by atoms with Crippen LogP contribution in [0.4, 0.5) is 0 Å². The Morgan fingerprint density at radius 2 is 2.00 bits per heavy atom. The number of nitrogens with zero attached hydrogens (tertiary/aromatic N) is 2. The summed E-state index contributed by atoms with van der Waals surface area (Å²) in [4.78, 5) is 4.64. The standard InChI is InChI=1S/C24H26ClN3S/c1-4-8-20(22-16-21(25)12-11-17(22)2)13-14-26-18(3)24-27-23(29-28-24)15-19-9-6-5-7-10-19/h5-12,16,26H,3-4,13-15H2,1-2H3/b20-8-. The molecule has 1 N–H and O–H groups in total. The van der Waals surface area contributed by atoms with Crippen LogP contribution in [-0.2, 0) is 6.42 Å². The fourth-order valence-electron chi connectivity index (χ4n) is 3.18. The molecule has 0 aliphatic carbocycles. The summed E-state index contributed by atoms with van der Waals surface area (Å²) in [7, 11) is 0. The second kappa shape index (κ2) is 10.4. The molecule has 0 aliphatic rings. The highest BCUT2D eigenvalue weighted by Crippen LogP contribution is 2.26. The number of nitrogens with one attached hydrogen (secondary N) is 1. The molecule has 0 fully saturated rings. The smallest absolute Gasteiger partial charge is 0.188 e. The minimum Gasteiger partial charge on any atom is -0.382 e. The molecule has 0 saturated carbocycles. The van der Waals surface area contributed by atoms with Gasteiger partial charge in [-0.15, -0.1) is 0 Å². The summed E-state index contributed by atoms with van der Waals surface area (Å²) in [6, 6.07) is 16.4. The van der Waals surface area contributed by atoms with E-state index in [9.17, 15) is 0 Å². The molecule has 3 rings (SSSR count). The number of hydrogen-bond donors (Lipinski definition) is 1. The van der Waals surface area contributed by atoms with Crippen molar-refractivity contribution in [1.82, 2.24) is 14.7 Å². The Labute approximate surface area is 182 Å². The molecular formula is C24H26ClN3S. The van der Waals surface area contributed by atoms with Crippen LogP contribution >= 0.6 is 23.1 Å². The Kier molecular flexibility index (Phi) is 7.62. The Morgan fingerprint density at radius 3 is 2.76 bits per heavy atom. The van der Waals surface area contributed by atoms with Gasteiger partial charge in [-0.1, -0.05) is 67.6 Å². The average Bonchev–Trinajstić information content (AvgIpc) is 3.18. The number of benzene rings is 2. The minimum atomic E-state index is 0.681. The van der Waals surface area contributed by atoms with Gasteiger partial charge in [0.15, 0.2) is 5.82 Å². The van der Waals surface area contributed by atoms with E-state index in [1.807, 2.05) is 30.3 Å². The lowest BCUT2D eigenvalue weighted by Crippen LogP contribution is -2.14. The predicted octanol–water partition coefficient (Wildman–Crippen LogP) is 6.53. The molecule has 1 heterocycles. The van der Waals surface area contributed by atoms with Crippen molar-refractivity contribution in [3.05, 3.63) is 93.7 Å². The number of allylic oxidation sites excluding steroid dienone is 1. The minimum absolute atomic E-state index is 0.681. The van der Waals surface area contributed by atoms with E-state index in [0.29, 0.717) is 5.82 Å². The molecule has 3 nitrogen and oxygen atoms in total. The second-order valence-electron chi connectivity index (χ2n) is 6.93. The van der Waals surface area contributed by atoms with Gasteiger partial charge in [-0.05, 0) is 65.7 Å². The molecule has 150 valence electrons. The topological polar surface area (TPSA) is 37.8 Å². The van der Waals surface area contributed by atoms with Crippen molar-refractivity contribution >= 4 is 34.4 Å². The van der Waals surface area contributed by atoms with Gasteiger partial charge >= 0.3 is 0 Å². The van der Waals surface area contributed by atoms with E-state index in [0.717, 1.165) is 41.5 Å². The third-order valence-corrected chi connectivity index (χ3v) is 5.61. The first-order chi connectivity index (χ1) is 14.1. The quantitative estimate of drug-likeness (QED) is 0.424. The fourth-order valence-corrected chi connectivity index (χ4v) is 4.05. The number of rotatable bonds is 9. The molecular weight excluding hydrogens is 398 g/mol. The summed E-state index contributed by atoms with van der Waals surface area (Å²) in [5, 5.41) is 5.14. The third-order valence-electron chi connectivity index (χ3n) is 4.67. The van der Waals surface area contributed by atoms with Gasteiger partial charge in [0.2, 0.25) is 0 Å². The molecule has 0 aliphatic heterocycles. The lowest BCUT2D eigenvalue weighted by atomic mass is 9.97.